The molecule has 2 aromatic carbocycles. The van der Waals surface area contributed by atoms with E-state index >= 15 is 0 Å². The Morgan fingerprint density at radius 2 is 1.95 bits per heavy atom. The molecule has 3 heterocycles. The van der Waals surface area contributed by atoms with Crippen LogP contribution in [0, 0.1) is 11.6 Å². The molecule has 1 saturated heterocycles. The van der Waals surface area contributed by atoms with Crippen LogP contribution in [0.3, 0.4) is 0 Å². The summed E-state index contributed by atoms with van der Waals surface area (Å²) in [5.74, 6) is -0.165. The molecule has 0 bridgehead atoms. The first kappa shape index (κ1) is 30.5. The molecule has 0 radical (unpaired) electrons. The molecule has 1 saturated carbocycles. The quantitative estimate of drug-likeness (QED) is 0.180. The summed E-state index contributed by atoms with van der Waals surface area (Å²) in [5, 5.41) is 8.73. The van der Waals surface area contributed by atoms with Gasteiger partial charge < -0.3 is 24.2 Å². The van der Waals surface area contributed by atoms with Gasteiger partial charge in [-0.3, -0.25) is 0 Å². The number of methoxy groups -OCH3 is 1. The number of anilines is 1. The normalized spacial score (nSPS) is 20.5. The molecule has 0 amide bonds. The Labute approximate surface area is 259 Å². The number of ether oxygens (including phenoxy) is 2. The average Bonchev–Trinajstić information content (AvgIpc) is 3.61. The standard InChI is InChI=1S/C33H38F2N4O4S/c1-6-22-15-21(36-16-23-29(38-43-31(23)19-10-11-19)28-24(34)8-7-9-25(28)35)12-18(4)39(22)33-37-30-26(42-17(2)3)13-20(32(40)41-5)14-27(30)44-33/h7-9,13-14,17-19,21-22,36H,6,10-12,15-16H2,1-5H3. The number of hydrogen-bond acceptors (Lipinski definition) is 9. The van der Waals surface area contributed by atoms with Crippen molar-refractivity contribution in [2.75, 3.05) is 12.0 Å². The molecular weight excluding hydrogens is 586 g/mol. The fraction of sp³-hybridized carbons (Fsp3) is 0.485. The molecule has 1 N–H and O–H groups in total. The van der Waals surface area contributed by atoms with E-state index in [4.69, 9.17) is 19.0 Å². The molecule has 234 valence electrons. The SMILES string of the molecule is CCC1CC(NCc2c(-c3c(F)cccc3F)noc2C2CC2)CC(C)N1c1nc2c(OC(C)C)cc(C(=O)OC)cc2s1. The summed E-state index contributed by atoms with van der Waals surface area (Å²) >= 11 is 1.55. The Hall–Kier alpha value is -3.57. The number of rotatable bonds is 10. The number of aromatic nitrogens is 2. The fourth-order valence-corrected chi connectivity index (χ4v) is 7.50. The van der Waals surface area contributed by atoms with Crippen LogP contribution in [-0.2, 0) is 11.3 Å². The van der Waals surface area contributed by atoms with Crippen molar-refractivity contribution in [3.8, 4) is 17.0 Å². The fourth-order valence-electron chi connectivity index (χ4n) is 6.30. The highest BCUT2D eigenvalue weighted by Crippen LogP contribution is 2.45. The average molecular weight is 625 g/mol. The zero-order chi connectivity index (χ0) is 31.1. The maximum absolute atomic E-state index is 14.8. The third-order valence-corrected chi connectivity index (χ3v) is 9.52. The van der Waals surface area contributed by atoms with E-state index in [1.807, 2.05) is 19.9 Å². The van der Waals surface area contributed by atoms with E-state index in [1.54, 1.807) is 17.4 Å². The van der Waals surface area contributed by atoms with E-state index in [-0.39, 0.29) is 41.4 Å². The third kappa shape index (κ3) is 5.91. The summed E-state index contributed by atoms with van der Waals surface area (Å²) in [6.07, 6.45) is 4.52. The van der Waals surface area contributed by atoms with Crippen molar-refractivity contribution in [3.05, 3.63) is 58.9 Å². The van der Waals surface area contributed by atoms with E-state index in [0.29, 0.717) is 17.9 Å². The number of fused-ring (bicyclic) bond motifs is 1. The van der Waals surface area contributed by atoms with Gasteiger partial charge in [0, 0.05) is 36.2 Å². The van der Waals surface area contributed by atoms with Crippen LogP contribution in [0.5, 0.6) is 5.75 Å². The zero-order valence-corrected chi connectivity index (χ0v) is 26.5. The number of carbonyl (C=O) groups excluding carboxylic acids is 1. The largest absolute Gasteiger partial charge is 0.489 e. The van der Waals surface area contributed by atoms with Crippen molar-refractivity contribution < 1.29 is 27.6 Å². The highest BCUT2D eigenvalue weighted by atomic mass is 32.1. The van der Waals surface area contributed by atoms with Crippen LogP contribution in [-0.4, -0.2) is 47.4 Å². The number of hydrogen-bond donors (Lipinski definition) is 1. The molecule has 1 aliphatic heterocycles. The Balaban J connectivity index is 1.24. The van der Waals surface area contributed by atoms with Crippen LogP contribution >= 0.6 is 11.3 Å². The molecule has 3 atom stereocenters. The monoisotopic (exact) mass is 624 g/mol. The Morgan fingerprint density at radius 1 is 1.20 bits per heavy atom. The molecule has 2 aromatic heterocycles. The predicted octanol–water partition coefficient (Wildman–Crippen LogP) is 7.61. The maximum atomic E-state index is 14.8. The van der Waals surface area contributed by atoms with Gasteiger partial charge in [0.2, 0.25) is 0 Å². The minimum absolute atomic E-state index is 0.0818. The first-order valence-electron chi connectivity index (χ1n) is 15.3. The second kappa shape index (κ2) is 12.4. The summed E-state index contributed by atoms with van der Waals surface area (Å²) in [7, 11) is 1.37. The lowest BCUT2D eigenvalue weighted by atomic mass is 9.90. The minimum atomic E-state index is -0.647. The van der Waals surface area contributed by atoms with Crippen molar-refractivity contribution in [2.24, 2.45) is 0 Å². The molecule has 3 unspecified atom stereocenters. The van der Waals surface area contributed by atoms with Gasteiger partial charge in [-0.2, -0.15) is 0 Å². The van der Waals surface area contributed by atoms with Gasteiger partial charge in [-0.1, -0.05) is 29.5 Å². The van der Waals surface area contributed by atoms with Crippen LogP contribution in [0.4, 0.5) is 13.9 Å². The van der Waals surface area contributed by atoms with E-state index in [0.717, 1.165) is 58.8 Å². The molecular formula is C33H38F2N4O4S. The summed E-state index contributed by atoms with van der Waals surface area (Å²) in [6.45, 7) is 8.68. The Kier molecular flexibility index (Phi) is 8.61. The van der Waals surface area contributed by atoms with Crippen molar-refractivity contribution >= 4 is 32.7 Å². The highest BCUT2D eigenvalue weighted by Gasteiger charge is 2.37. The first-order valence-corrected chi connectivity index (χ1v) is 16.1. The van der Waals surface area contributed by atoms with Crippen LogP contribution < -0.4 is 15.0 Å². The summed E-state index contributed by atoms with van der Waals surface area (Å²) in [5.41, 5.74) is 2.02. The zero-order valence-electron chi connectivity index (χ0n) is 25.7. The lowest BCUT2D eigenvalue weighted by molar-refractivity contribution is 0.0600. The lowest BCUT2D eigenvalue weighted by Gasteiger charge is -2.44. The first-order chi connectivity index (χ1) is 21.2. The van der Waals surface area contributed by atoms with Crippen molar-refractivity contribution in [1.29, 1.82) is 0 Å². The van der Waals surface area contributed by atoms with Crippen molar-refractivity contribution in [3.63, 3.8) is 0 Å². The smallest absolute Gasteiger partial charge is 0.338 e. The highest BCUT2D eigenvalue weighted by molar-refractivity contribution is 7.22. The minimum Gasteiger partial charge on any atom is -0.489 e. The molecule has 8 nitrogen and oxygen atoms in total. The van der Waals surface area contributed by atoms with Crippen LogP contribution in [0.15, 0.2) is 34.9 Å². The van der Waals surface area contributed by atoms with Crippen LogP contribution in [0.2, 0.25) is 0 Å². The second-order valence-electron chi connectivity index (χ2n) is 12.1. The summed E-state index contributed by atoms with van der Waals surface area (Å²) in [6, 6.07) is 7.93. The van der Waals surface area contributed by atoms with Gasteiger partial charge in [0.25, 0.3) is 0 Å². The van der Waals surface area contributed by atoms with E-state index in [9.17, 15) is 13.6 Å². The van der Waals surface area contributed by atoms with Crippen molar-refractivity contribution in [2.45, 2.75) is 96.5 Å². The number of piperidine rings is 1. The number of carbonyl (C=O) groups is 1. The number of halogens is 2. The van der Waals surface area contributed by atoms with Gasteiger partial charge in [-0.05, 0) is 77.1 Å². The summed E-state index contributed by atoms with van der Waals surface area (Å²) in [4.78, 5) is 19.8. The van der Waals surface area contributed by atoms with Gasteiger partial charge in [0.15, 0.2) is 5.13 Å². The van der Waals surface area contributed by atoms with Crippen LogP contribution in [0.25, 0.3) is 21.5 Å². The lowest BCUT2D eigenvalue weighted by Crippen LogP contribution is -2.53. The van der Waals surface area contributed by atoms with Crippen LogP contribution in [0.1, 0.15) is 87.4 Å². The molecule has 2 fully saturated rings. The van der Waals surface area contributed by atoms with Crippen molar-refractivity contribution in [1.82, 2.24) is 15.5 Å². The van der Waals surface area contributed by atoms with E-state index in [1.165, 1.54) is 25.3 Å². The number of nitrogens with one attached hydrogen (secondary N) is 1. The second-order valence-corrected chi connectivity index (χ2v) is 13.1. The van der Waals surface area contributed by atoms with Gasteiger partial charge in [0.05, 0.1) is 29.0 Å². The number of nitrogens with zero attached hydrogens (tertiary/aromatic N) is 3. The van der Waals surface area contributed by atoms with E-state index < -0.39 is 17.6 Å². The molecule has 1 aliphatic carbocycles. The van der Waals surface area contributed by atoms with Gasteiger partial charge >= 0.3 is 5.97 Å². The number of benzene rings is 2. The molecule has 4 aromatic rings. The predicted molar refractivity (Wildman–Crippen MR) is 166 cm³/mol. The summed E-state index contributed by atoms with van der Waals surface area (Å²) < 4.78 is 47.1. The topological polar surface area (TPSA) is 89.7 Å². The van der Waals surface area contributed by atoms with Gasteiger partial charge in [-0.25, -0.2) is 18.6 Å². The Bertz CT molecular complexity index is 1650. The number of thiazole rings is 1. The molecule has 0 spiro atoms. The molecule has 44 heavy (non-hydrogen) atoms. The molecule has 2 aliphatic rings. The number of esters is 1. The molecule has 11 heteroatoms. The Morgan fingerprint density at radius 3 is 2.61 bits per heavy atom. The molecule has 6 rings (SSSR count). The van der Waals surface area contributed by atoms with Gasteiger partial charge in [0.1, 0.15) is 34.4 Å². The van der Waals surface area contributed by atoms with E-state index in [2.05, 4.69) is 29.2 Å². The maximum Gasteiger partial charge on any atom is 0.338 e. The third-order valence-electron chi connectivity index (χ3n) is 8.51. The van der Waals surface area contributed by atoms with Gasteiger partial charge in [-0.15, -0.1) is 0 Å².